The summed E-state index contributed by atoms with van der Waals surface area (Å²) < 4.78 is 32.2. The third-order valence-corrected chi connectivity index (χ3v) is 4.00. The number of benzene rings is 1. The minimum absolute atomic E-state index is 0. The lowest BCUT2D eigenvalue weighted by molar-refractivity contribution is 0.421. The zero-order valence-corrected chi connectivity index (χ0v) is 18.2. The quantitative estimate of drug-likeness (QED) is 0.298. The number of halogens is 3. The van der Waals surface area contributed by atoms with Crippen LogP contribution in [-0.2, 0) is 6.42 Å². The van der Waals surface area contributed by atoms with E-state index in [2.05, 4.69) is 30.8 Å². The van der Waals surface area contributed by atoms with Crippen molar-refractivity contribution in [3.63, 3.8) is 0 Å². The molecule has 10 heteroatoms. The highest BCUT2D eigenvalue weighted by atomic mass is 127. The SMILES string of the molecule is CN=C(NCCc1noc(-c2ccccn2)n1)NC(C)c1ccc(F)cc1F.I. The molecule has 0 saturated carbocycles. The first kappa shape index (κ1) is 22.7. The molecule has 0 aliphatic heterocycles. The predicted octanol–water partition coefficient (Wildman–Crippen LogP) is 3.50. The molecule has 0 fully saturated rings. The Morgan fingerprint density at radius 2 is 2.07 bits per heavy atom. The standard InChI is InChI=1S/C19H20F2N6O.HI/c1-12(14-7-6-13(20)11-15(14)21)25-19(22-2)24-10-8-17-26-18(28-27-17)16-5-3-4-9-23-16;/h3-7,9,11-12H,8,10H2,1-2H3,(H2,22,24,25);1H. The smallest absolute Gasteiger partial charge is 0.276 e. The fraction of sp³-hybridized carbons (Fsp3) is 0.263. The van der Waals surface area contributed by atoms with Crippen LogP contribution in [0.25, 0.3) is 11.6 Å². The molecule has 1 atom stereocenters. The molecule has 0 amide bonds. The van der Waals surface area contributed by atoms with E-state index in [9.17, 15) is 8.78 Å². The van der Waals surface area contributed by atoms with Crippen LogP contribution in [0, 0.1) is 11.6 Å². The maximum atomic E-state index is 13.9. The van der Waals surface area contributed by atoms with Crippen molar-refractivity contribution in [2.75, 3.05) is 13.6 Å². The van der Waals surface area contributed by atoms with E-state index >= 15 is 0 Å². The van der Waals surface area contributed by atoms with Gasteiger partial charge in [-0.3, -0.25) is 9.98 Å². The van der Waals surface area contributed by atoms with Crippen molar-refractivity contribution in [3.8, 4) is 11.6 Å². The minimum Gasteiger partial charge on any atom is -0.356 e. The molecule has 29 heavy (non-hydrogen) atoms. The Morgan fingerprint density at radius 3 is 2.76 bits per heavy atom. The van der Waals surface area contributed by atoms with E-state index in [-0.39, 0.29) is 24.0 Å². The normalized spacial score (nSPS) is 12.2. The van der Waals surface area contributed by atoms with Gasteiger partial charge in [0, 0.05) is 37.8 Å². The molecule has 2 aromatic heterocycles. The van der Waals surface area contributed by atoms with Crippen LogP contribution >= 0.6 is 24.0 Å². The molecule has 0 radical (unpaired) electrons. The molecule has 1 unspecified atom stereocenters. The highest BCUT2D eigenvalue weighted by Gasteiger charge is 2.14. The summed E-state index contributed by atoms with van der Waals surface area (Å²) in [4.78, 5) is 12.6. The molecule has 0 saturated heterocycles. The van der Waals surface area contributed by atoms with Crippen LogP contribution in [0.4, 0.5) is 8.78 Å². The molecular weight excluding hydrogens is 493 g/mol. The molecule has 1 aromatic carbocycles. The Labute approximate surface area is 184 Å². The molecule has 0 spiro atoms. The van der Waals surface area contributed by atoms with Gasteiger partial charge in [-0.1, -0.05) is 17.3 Å². The van der Waals surface area contributed by atoms with Crippen LogP contribution in [0.15, 0.2) is 52.1 Å². The second-order valence-electron chi connectivity index (χ2n) is 6.01. The molecule has 0 aliphatic carbocycles. The van der Waals surface area contributed by atoms with Crippen molar-refractivity contribution in [2.24, 2.45) is 4.99 Å². The van der Waals surface area contributed by atoms with Crippen molar-refractivity contribution in [1.82, 2.24) is 25.8 Å². The molecule has 2 N–H and O–H groups in total. The van der Waals surface area contributed by atoms with Gasteiger partial charge in [-0.25, -0.2) is 8.78 Å². The maximum Gasteiger partial charge on any atom is 0.276 e. The Hall–Kier alpha value is -2.63. The lowest BCUT2D eigenvalue weighted by atomic mass is 10.1. The van der Waals surface area contributed by atoms with Crippen molar-refractivity contribution in [1.29, 1.82) is 0 Å². The third kappa shape index (κ3) is 6.17. The van der Waals surface area contributed by atoms with Crippen LogP contribution in [0.5, 0.6) is 0 Å². The van der Waals surface area contributed by atoms with Crippen molar-refractivity contribution in [3.05, 3.63) is 65.6 Å². The number of hydrogen-bond acceptors (Lipinski definition) is 5. The van der Waals surface area contributed by atoms with Crippen LogP contribution < -0.4 is 10.6 Å². The number of hydrogen-bond donors (Lipinski definition) is 2. The zero-order chi connectivity index (χ0) is 19.9. The minimum atomic E-state index is -0.610. The fourth-order valence-corrected chi connectivity index (χ4v) is 2.57. The lowest BCUT2D eigenvalue weighted by Crippen LogP contribution is -2.39. The molecule has 3 aromatic rings. The highest BCUT2D eigenvalue weighted by molar-refractivity contribution is 14.0. The first-order valence-electron chi connectivity index (χ1n) is 8.73. The van der Waals surface area contributed by atoms with Gasteiger partial charge >= 0.3 is 0 Å². The average Bonchev–Trinajstić information content (AvgIpc) is 3.16. The number of aliphatic imine (C=N–C) groups is 1. The van der Waals surface area contributed by atoms with E-state index in [4.69, 9.17) is 4.52 Å². The Balaban J connectivity index is 0.00000300. The first-order chi connectivity index (χ1) is 13.6. The Bertz CT molecular complexity index is 951. The molecular formula is C19H21F2IN6O. The van der Waals surface area contributed by atoms with E-state index in [1.54, 1.807) is 26.2 Å². The van der Waals surface area contributed by atoms with E-state index in [0.717, 1.165) is 6.07 Å². The summed E-state index contributed by atoms with van der Waals surface area (Å²) in [5.74, 6) is 0.148. The number of pyridine rings is 1. The average molecular weight is 514 g/mol. The molecule has 0 aliphatic rings. The fourth-order valence-electron chi connectivity index (χ4n) is 2.57. The number of guanidine groups is 1. The van der Waals surface area contributed by atoms with E-state index in [1.165, 1.54) is 12.1 Å². The van der Waals surface area contributed by atoms with E-state index < -0.39 is 17.7 Å². The molecule has 154 valence electrons. The monoisotopic (exact) mass is 514 g/mol. The molecule has 7 nitrogen and oxygen atoms in total. The summed E-state index contributed by atoms with van der Waals surface area (Å²) in [6, 6.07) is 8.54. The van der Waals surface area contributed by atoms with Gasteiger partial charge in [0.05, 0.1) is 6.04 Å². The molecule has 3 rings (SSSR count). The lowest BCUT2D eigenvalue weighted by Gasteiger charge is -2.18. The summed E-state index contributed by atoms with van der Waals surface area (Å²) in [5.41, 5.74) is 0.962. The van der Waals surface area contributed by atoms with Crippen LogP contribution in [0.3, 0.4) is 0 Å². The number of nitrogens with zero attached hydrogens (tertiary/aromatic N) is 4. The van der Waals surface area contributed by atoms with Crippen molar-refractivity contribution < 1.29 is 13.3 Å². The van der Waals surface area contributed by atoms with E-state index in [0.29, 0.717) is 41.9 Å². The summed E-state index contributed by atoms with van der Waals surface area (Å²) in [6.45, 7) is 2.25. The summed E-state index contributed by atoms with van der Waals surface area (Å²) in [7, 11) is 1.61. The van der Waals surface area contributed by atoms with Crippen molar-refractivity contribution >= 4 is 29.9 Å². The number of nitrogens with one attached hydrogen (secondary N) is 2. The maximum absolute atomic E-state index is 13.9. The predicted molar refractivity (Wildman–Crippen MR) is 116 cm³/mol. The highest BCUT2D eigenvalue weighted by Crippen LogP contribution is 2.17. The topological polar surface area (TPSA) is 88.2 Å². The van der Waals surface area contributed by atoms with Gasteiger partial charge in [0.25, 0.3) is 5.89 Å². The second-order valence-corrected chi connectivity index (χ2v) is 6.01. The first-order valence-corrected chi connectivity index (χ1v) is 8.73. The molecule has 0 bridgehead atoms. The third-order valence-electron chi connectivity index (χ3n) is 4.00. The van der Waals surface area contributed by atoms with Gasteiger partial charge in [0.15, 0.2) is 11.8 Å². The largest absolute Gasteiger partial charge is 0.356 e. The van der Waals surface area contributed by atoms with Crippen LogP contribution in [0.2, 0.25) is 0 Å². The van der Waals surface area contributed by atoms with E-state index in [1.807, 2.05) is 12.1 Å². The van der Waals surface area contributed by atoms with Crippen molar-refractivity contribution in [2.45, 2.75) is 19.4 Å². The summed E-state index contributed by atoms with van der Waals surface area (Å²) in [5, 5.41) is 10.1. The van der Waals surface area contributed by atoms with Gasteiger partial charge in [-0.05, 0) is 25.1 Å². The van der Waals surface area contributed by atoms with Gasteiger partial charge < -0.3 is 15.2 Å². The summed E-state index contributed by atoms with van der Waals surface area (Å²) >= 11 is 0. The van der Waals surface area contributed by atoms with Gasteiger partial charge in [0.2, 0.25) is 0 Å². The summed E-state index contributed by atoms with van der Waals surface area (Å²) in [6.07, 6.45) is 2.15. The Kier molecular flexibility index (Phi) is 8.43. The van der Waals surface area contributed by atoms with Gasteiger partial charge in [0.1, 0.15) is 17.3 Å². The zero-order valence-electron chi connectivity index (χ0n) is 15.9. The van der Waals surface area contributed by atoms with Gasteiger partial charge in [-0.2, -0.15) is 4.98 Å². The molecule has 2 heterocycles. The van der Waals surface area contributed by atoms with Crippen LogP contribution in [-0.4, -0.2) is 34.7 Å². The van der Waals surface area contributed by atoms with Gasteiger partial charge in [-0.15, -0.1) is 24.0 Å². The van der Waals surface area contributed by atoms with Crippen LogP contribution in [0.1, 0.15) is 24.4 Å². The Morgan fingerprint density at radius 1 is 1.24 bits per heavy atom. The second kappa shape index (κ2) is 10.8. The number of rotatable bonds is 6. The number of aromatic nitrogens is 3.